The highest BCUT2D eigenvalue weighted by atomic mass is 16.3. The number of anilines is 4. The van der Waals surface area contributed by atoms with Gasteiger partial charge in [-0.25, -0.2) is 0 Å². The number of nitrogens with zero attached hydrogens (tertiary/aromatic N) is 2. The maximum absolute atomic E-state index is 12.5. The van der Waals surface area contributed by atoms with E-state index in [1.165, 1.54) is 24.9 Å². The highest BCUT2D eigenvalue weighted by Gasteiger charge is 2.19. The van der Waals surface area contributed by atoms with Gasteiger partial charge in [-0.3, -0.25) is 4.79 Å². The molecule has 160 valence electrons. The first-order chi connectivity index (χ1) is 14.7. The van der Waals surface area contributed by atoms with Gasteiger partial charge in [0, 0.05) is 37.6 Å². The average Bonchev–Trinajstić information content (AvgIpc) is 2.80. The number of benzene rings is 2. The number of carbonyl (C=O) groups excluding carboxylic acids is 1. The Morgan fingerprint density at radius 2 is 1.60 bits per heavy atom. The summed E-state index contributed by atoms with van der Waals surface area (Å²) in [6.07, 6.45) is 5.19. The van der Waals surface area contributed by atoms with Crippen LogP contribution in [0, 0.1) is 0 Å². The molecule has 0 spiro atoms. The molecule has 0 bridgehead atoms. The average molecular weight is 409 g/mol. The van der Waals surface area contributed by atoms with Gasteiger partial charge in [-0.1, -0.05) is 12.1 Å². The van der Waals surface area contributed by atoms with E-state index in [0.717, 1.165) is 56.1 Å². The van der Waals surface area contributed by atoms with E-state index >= 15 is 0 Å². The van der Waals surface area contributed by atoms with E-state index < -0.39 is 0 Å². The van der Waals surface area contributed by atoms with Gasteiger partial charge in [-0.15, -0.1) is 0 Å². The van der Waals surface area contributed by atoms with Crippen molar-refractivity contribution in [2.75, 3.05) is 53.2 Å². The van der Waals surface area contributed by atoms with E-state index in [9.17, 15) is 9.90 Å². The standard InChI is InChI=1S/C24H32N4O2/c29-21-12-16-28(17-13-21)23-7-3-2-6-22(23)25-18-24(30)26-19-8-10-20(11-9-19)27-14-4-1-5-15-27/h2-3,6-11,21,25,29H,1,4-5,12-18H2,(H,26,30). The Morgan fingerprint density at radius 1 is 0.900 bits per heavy atom. The molecule has 0 aliphatic carbocycles. The molecule has 2 fully saturated rings. The molecule has 2 saturated heterocycles. The summed E-state index contributed by atoms with van der Waals surface area (Å²) in [5, 5.41) is 16.0. The van der Waals surface area contributed by atoms with Gasteiger partial charge in [0.15, 0.2) is 0 Å². The van der Waals surface area contributed by atoms with Crippen LogP contribution in [0.15, 0.2) is 48.5 Å². The number of hydrogen-bond acceptors (Lipinski definition) is 5. The second kappa shape index (κ2) is 9.85. The number of rotatable bonds is 6. The number of para-hydroxylation sites is 2. The molecule has 0 saturated carbocycles. The van der Waals surface area contributed by atoms with Crippen molar-refractivity contribution in [2.45, 2.75) is 38.2 Å². The Hall–Kier alpha value is -2.73. The van der Waals surface area contributed by atoms with Gasteiger partial charge in [0.25, 0.3) is 0 Å². The van der Waals surface area contributed by atoms with Crippen LogP contribution < -0.4 is 20.4 Å². The quantitative estimate of drug-likeness (QED) is 0.680. The number of hydrogen-bond donors (Lipinski definition) is 3. The molecule has 2 aliphatic rings. The molecule has 6 nitrogen and oxygen atoms in total. The lowest BCUT2D eigenvalue weighted by atomic mass is 10.1. The molecule has 0 unspecified atom stereocenters. The maximum atomic E-state index is 12.5. The van der Waals surface area contributed by atoms with Crippen LogP contribution in [0.3, 0.4) is 0 Å². The lowest BCUT2D eigenvalue weighted by Crippen LogP contribution is -2.36. The topological polar surface area (TPSA) is 67.8 Å². The van der Waals surface area contributed by atoms with Crippen molar-refractivity contribution < 1.29 is 9.90 Å². The number of carbonyl (C=O) groups is 1. The van der Waals surface area contributed by atoms with Crippen LogP contribution in [-0.4, -0.2) is 49.8 Å². The zero-order valence-electron chi connectivity index (χ0n) is 17.5. The van der Waals surface area contributed by atoms with Crippen molar-refractivity contribution >= 4 is 28.7 Å². The van der Waals surface area contributed by atoms with Gasteiger partial charge in [-0.2, -0.15) is 0 Å². The molecule has 2 aromatic rings. The predicted octanol–water partition coefficient (Wildman–Crippen LogP) is 3.69. The molecule has 0 radical (unpaired) electrons. The van der Waals surface area contributed by atoms with Crippen LogP contribution in [0.5, 0.6) is 0 Å². The molecule has 4 rings (SSSR count). The second-order valence-corrected chi connectivity index (χ2v) is 8.23. The van der Waals surface area contributed by atoms with Crippen LogP contribution in [-0.2, 0) is 4.79 Å². The first-order valence-corrected chi connectivity index (χ1v) is 11.1. The van der Waals surface area contributed by atoms with Gasteiger partial charge in [0.1, 0.15) is 0 Å². The molecule has 2 aliphatic heterocycles. The van der Waals surface area contributed by atoms with Gasteiger partial charge in [0.2, 0.25) is 5.91 Å². The van der Waals surface area contributed by atoms with E-state index in [1.807, 2.05) is 30.3 Å². The highest BCUT2D eigenvalue weighted by molar-refractivity contribution is 5.94. The van der Waals surface area contributed by atoms with Gasteiger partial charge >= 0.3 is 0 Å². The van der Waals surface area contributed by atoms with E-state index in [4.69, 9.17) is 0 Å². The Morgan fingerprint density at radius 3 is 2.33 bits per heavy atom. The van der Waals surface area contributed by atoms with Crippen molar-refractivity contribution in [3.8, 4) is 0 Å². The van der Waals surface area contributed by atoms with Crippen molar-refractivity contribution in [3.63, 3.8) is 0 Å². The summed E-state index contributed by atoms with van der Waals surface area (Å²) in [7, 11) is 0. The molecular formula is C24H32N4O2. The van der Waals surface area contributed by atoms with Gasteiger partial charge in [0.05, 0.1) is 24.0 Å². The predicted molar refractivity (Wildman–Crippen MR) is 124 cm³/mol. The molecule has 6 heteroatoms. The Kier molecular flexibility index (Phi) is 6.74. The van der Waals surface area contributed by atoms with Crippen molar-refractivity contribution in [3.05, 3.63) is 48.5 Å². The maximum Gasteiger partial charge on any atom is 0.243 e. The Bertz CT molecular complexity index is 825. The summed E-state index contributed by atoms with van der Waals surface area (Å²) in [5.74, 6) is -0.0652. The summed E-state index contributed by atoms with van der Waals surface area (Å²) in [6, 6.07) is 16.2. The summed E-state index contributed by atoms with van der Waals surface area (Å²) in [5.41, 5.74) is 4.08. The molecule has 0 aromatic heterocycles. The van der Waals surface area contributed by atoms with Crippen molar-refractivity contribution in [1.82, 2.24) is 0 Å². The van der Waals surface area contributed by atoms with Crippen LogP contribution in [0.4, 0.5) is 22.7 Å². The van der Waals surface area contributed by atoms with E-state index in [-0.39, 0.29) is 18.6 Å². The highest BCUT2D eigenvalue weighted by Crippen LogP contribution is 2.28. The summed E-state index contributed by atoms with van der Waals surface area (Å²) >= 11 is 0. The minimum absolute atomic E-state index is 0.0652. The van der Waals surface area contributed by atoms with Crippen molar-refractivity contribution in [1.29, 1.82) is 0 Å². The normalized spacial score (nSPS) is 17.6. The third kappa shape index (κ3) is 5.25. The molecule has 2 heterocycles. The number of aliphatic hydroxyl groups is 1. The van der Waals surface area contributed by atoms with Crippen LogP contribution >= 0.6 is 0 Å². The SMILES string of the molecule is O=C(CNc1ccccc1N1CCC(O)CC1)Nc1ccc(N2CCCCC2)cc1. The summed E-state index contributed by atoms with van der Waals surface area (Å²) in [6.45, 7) is 4.10. The fourth-order valence-electron chi connectivity index (χ4n) is 4.29. The molecule has 1 amide bonds. The van der Waals surface area contributed by atoms with Crippen LogP contribution in [0.1, 0.15) is 32.1 Å². The van der Waals surface area contributed by atoms with E-state index in [1.54, 1.807) is 0 Å². The number of piperidine rings is 2. The Balaban J connectivity index is 1.31. The minimum Gasteiger partial charge on any atom is -0.393 e. The zero-order valence-corrected chi connectivity index (χ0v) is 17.5. The fraction of sp³-hybridized carbons (Fsp3) is 0.458. The van der Waals surface area contributed by atoms with E-state index in [0.29, 0.717) is 0 Å². The minimum atomic E-state index is -0.201. The lowest BCUT2D eigenvalue weighted by molar-refractivity contribution is -0.114. The smallest absolute Gasteiger partial charge is 0.243 e. The molecule has 3 N–H and O–H groups in total. The van der Waals surface area contributed by atoms with Crippen LogP contribution in [0.25, 0.3) is 0 Å². The number of amides is 1. The third-order valence-electron chi connectivity index (χ3n) is 6.02. The summed E-state index contributed by atoms with van der Waals surface area (Å²) < 4.78 is 0. The third-order valence-corrected chi connectivity index (χ3v) is 6.02. The van der Waals surface area contributed by atoms with Crippen LogP contribution in [0.2, 0.25) is 0 Å². The monoisotopic (exact) mass is 408 g/mol. The largest absolute Gasteiger partial charge is 0.393 e. The molecule has 0 atom stereocenters. The van der Waals surface area contributed by atoms with E-state index in [2.05, 4.69) is 38.6 Å². The molecule has 30 heavy (non-hydrogen) atoms. The molecule has 2 aromatic carbocycles. The number of aliphatic hydroxyl groups excluding tert-OH is 1. The second-order valence-electron chi connectivity index (χ2n) is 8.23. The first-order valence-electron chi connectivity index (χ1n) is 11.1. The summed E-state index contributed by atoms with van der Waals surface area (Å²) in [4.78, 5) is 17.2. The first kappa shape index (κ1) is 20.5. The molecular weight excluding hydrogens is 376 g/mol. The Labute approximate surface area is 178 Å². The van der Waals surface area contributed by atoms with Crippen molar-refractivity contribution in [2.24, 2.45) is 0 Å². The zero-order chi connectivity index (χ0) is 20.8. The van der Waals surface area contributed by atoms with Gasteiger partial charge in [-0.05, 0) is 68.5 Å². The lowest BCUT2D eigenvalue weighted by Gasteiger charge is -2.32. The fourth-order valence-corrected chi connectivity index (χ4v) is 4.29. The van der Waals surface area contributed by atoms with Gasteiger partial charge < -0.3 is 25.5 Å². The number of nitrogens with one attached hydrogen (secondary N) is 2.